The molecular weight excluding hydrogens is 316 g/mol. The van der Waals surface area contributed by atoms with E-state index in [2.05, 4.69) is 60.1 Å². The summed E-state index contributed by atoms with van der Waals surface area (Å²) in [5.74, 6) is 0. The Labute approximate surface area is 120 Å². The Balaban J connectivity index is 2.11. The Bertz CT molecular complexity index is 482. The molecule has 0 fully saturated rings. The van der Waals surface area contributed by atoms with Crippen LogP contribution in [0, 0.1) is 13.8 Å². The number of rotatable bonds is 3. The maximum absolute atomic E-state index is 6.46. The summed E-state index contributed by atoms with van der Waals surface area (Å²) in [6.07, 6.45) is 0.883. The zero-order valence-corrected chi connectivity index (χ0v) is 13.0. The van der Waals surface area contributed by atoms with Gasteiger partial charge in [-0.25, -0.2) is 0 Å². The molecule has 90 valence electrons. The fraction of sp³-hybridized carbons (Fsp3) is 0.286. The molecule has 1 heterocycles. The van der Waals surface area contributed by atoms with Crippen molar-refractivity contribution in [3.8, 4) is 0 Å². The normalized spacial score (nSPS) is 12.7. The smallest absolute Gasteiger partial charge is 0.0731 e. The van der Waals surface area contributed by atoms with Gasteiger partial charge in [0, 0.05) is 4.88 Å². The van der Waals surface area contributed by atoms with E-state index >= 15 is 0 Å². The number of halogens is 2. The predicted octanol–water partition coefficient (Wildman–Crippen LogP) is 5.65. The van der Waals surface area contributed by atoms with Crippen LogP contribution in [-0.2, 0) is 6.42 Å². The zero-order chi connectivity index (χ0) is 12.4. The standard InChI is InChI=1S/C14H14BrClS/c1-9-3-5-11(6-4-9)8-12(16)13-7-10(2)14(15)17-13/h3-7,12H,8H2,1-2H3. The Kier molecular flexibility index (Phi) is 4.29. The molecule has 0 N–H and O–H groups in total. The van der Waals surface area contributed by atoms with Gasteiger partial charge in [0.1, 0.15) is 0 Å². The van der Waals surface area contributed by atoms with Gasteiger partial charge in [-0.1, -0.05) is 29.8 Å². The number of hydrogen-bond donors (Lipinski definition) is 0. The highest BCUT2D eigenvalue weighted by atomic mass is 79.9. The van der Waals surface area contributed by atoms with E-state index < -0.39 is 0 Å². The van der Waals surface area contributed by atoms with Crippen LogP contribution in [-0.4, -0.2) is 0 Å². The van der Waals surface area contributed by atoms with Crippen LogP contribution in [0.25, 0.3) is 0 Å². The van der Waals surface area contributed by atoms with Gasteiger partial charge in [-0.3, -0.25) is 0 Å². The Morgan fingerprint density at radius 1 is 1.24 bits per heavy atom. The lowest BCUT2D eigenvalue weighted by molar-refractivity contribution is 0.938. The summed E-state index contributed by atoms with van der Waals surface area (Å²) in [6.45, 7) is 4.20. The van der Waals surface area contributed by atoms with Gasteiger partial charge in [0.2, 0.25) is 0 Å². The van der Waals surface area contributed by atoms with E-state index in [9.17, 15) is 0 Å². The molecule has 1 aromatic heterocycles. The highest BCUT2D eigenvalue weighted by Crippen LogP contribution is 2.35. The minimum Gasteiger partial charge on any atom is -0.131 e. The first kappa shape index (κ1) is 13.1. The quantitative estimate of drug-likeness (QED) is 0.638. The van der Waals surface area contributed by atoms with Gasteiger partial charge in [-0.05, 0) is 53.4 Å². The summed E-state index contributed by atoms with van der Waals surface area (Å²) in [6, 6.07) is 10.7. The number of hydrogen-bond acceptors (Lipinski definition) is 1. The zero-order valence-electron chi connectivity index (χ0n) is 9.84. The minimum atomic E-state index is 0.0627. The van der Waals surface area contributed by atoms with Crippen LogP contribution in [0.1, 0.15) is 26.9 Å². The molecule has 0 radical (unpaired) electrons. The topological polar surface area (TPSA) is 0 Å². The molecule has 0 amide bonds. The van der Waals surface area contributed by atoms with E-state index in [1.54, 1.807) is 11.3 Å². The fourth-order valence-electron chi connectivity index (χ4n) is 1.67. The van der Waals surface area contributed by atoms with E-state index in [0.29, 0.717) is 0 Å². The lowest BCUT2D eigenvalue weighted by atomic mass is 10.1. The van der Waals surface area contributed by atoms with Crippen LogP contribution in [0.15, 0.2) is 34.1 Å². The van der Waals surface area contributed by atoms with Gasteiger partial charge < -0.3 is 0 Å². The third-order valence-corrected chi connectivity index (χ3v) is 5.49. The number of thiophene rings is 1. The first-order valence-corrected chi connectivity index (χ1v) is 7.56. The molecule has 2 rings (SSSR count). The molecule has 0 aliphatic rings. The maximum Gasteiger partial charge on any atom is 0.0731 e. The third-order valence-electron chi connectivity index (χ3n) is 2.72. The molecule has 2 aromatic rings. The van der Waals surface area contributed by atoms with Crippen molar-refractivity contribution < 1.29 is 0 Å². The van der Waals surface area contributed by atoms with Crippen LogP contribution >= 0.6 is 38.9 Å². The van der Waals surface area contributed by atoms with Crippen molar-refractivity contribution in [1.82, 2.24) is 0 Å². The first-order chi connectivity index (χ1) is 8.06. The lowest BCUT2D eigenvalue weighted by Crippen LogP contribution is -1.93. The van der Waals surface area contributed by atoms with Crippen LogP contribution in [0.3, 0.4) is 0 Å². The molecule has 1 aromatic carbocycles. The molecule has 0 bridgehead atoms. The molecule has 3 heteroatoms. The largest absolute Gasteiger partial charge is 0.131 e. The second-order valence-electron chi connectivity index (χ2n) is 4.26. The maximum atomic E-state index is 6.46. The van der Waals surface area contributed by atoms with E-state index in [4.69, 9.17) is 11.6 Å². The summed E-state index contributed by atoms with van der Waals surface area (Å²) in [5.41, 5.74) is 3.84. The van der Waals surface area contributed by atoms with Gasteiger partial charge in [0.05, 0.1) is 9.16 Å². The Morgan fingerprint density at radius 2 is 1.88 bits per heavy atom. The molecule has 0 saturated heterocycles. The van der Waals surface area contributed by atoms with Gasteiger partial charge in [-0.2, -0.15) is 0 Å². The molecule has 0 saturated carbocycles. The molecule has 0 aliphatic heterocycles. The van der Waals surface area contributed by atoms with Crippen molar-refractivity contribution in [3.63, 3.8) is 0 Å². The minimum absolute atomic E-state index is 0.0627. The average molecular weight is 330 g/mol. The predicted molar refractivity (Wildman–Crippen MR) is 80.2 cm³/mol. The second-order valence-corrected chi connectivity index (χ2v) is 7.19. The molecule has 1 unspecified atom stereocenters. The van der Waals surface area contributed by atoms with Gasteiger partial charge in [-0.15, -0.1) is 22.9 Å². The van der Waals surface area contributed by atoms with Crippen LogP contribution in [0.4, 0.5) is 0 Å². The summed E-state index contributed by atoms with van der Waals surface area (Å²) in [7, 11) is 0. The summed E-state index contributed by atoms with van der Waals surface area (Å²) < 4.78 is 1.18. The van der Waals surface area contributed by atoms with Crippen LogP contribution < -0.4 is 0 Å². The number of benzene rings is 1. The highest BCUT2D eigenvalue weighted by Gasteiger charge is 2.13. The van der Waals surface area contributed by atoms with E-state index in [-0.39, 0.29) is 5.38 Å². The lowest BCUT2D eigenvalue weighted by Gasteiger charge is -2.07. The Morgan fingerprint density at radius 3 is 2.41 bits per heavy atom. The monoisotopic (exact) mass is 328 g/mol. The highest BCUT2D eigenvalue weighted by molar-refractivity contribution is 9.11. The van der Waals surface area contributed by atoms with Crippen molar-refractivity contribution in [1.29, 1.82) is 0 Å². The SMILES string of the molecule is Cc1ccc(CC(Cl)c2cc(C)c(Br)s2)cc1. The average Bonchev–Trinajstić information content (AvgIpc) is 2.63. The number of aryl methyl sites for hydroxylation is 2. The third kappa shape index (κ3) is 3.34. The van der Waals surface area contributed by atoms with Crippen LogP contribution in [0.2, 0.25) is 0 Å². The van der Waals surface area contributed by atoms with Crippen molar-refractivity contribution in [2.75, 3.05) is 0 Å². The van der Waals surface area contributed by atoms with Crippen molar-refractivity contribution in [2.45, 2.75) is 25.6 Å². The molecule has 0 nitrogen and oxygen atoms in total. The van der Waals surface area contributed by atoms with Crippen molar-refractivity contribution >= 4 is 38.9 Å². The molecule has 0 spiro atoms. The molecule has 0 aliphatic carbocycles. The summed E-state index contributed by atoms with van der Waals surface area (Å²) in [4.78, 5) is 1.23. The molecule has 1 atom stereocenters. The van der Waals surface area contributed by atoms with E-state index in [0.717, 1.165) is 6.42 Å². The van der Waals surface area contributed by atoms with Crippen LogP contribution in [0.5, 0.6) is 0 Å². The van der Waals surface area contributed by atoms with Gasteiger partial charge in [0.15, 0.2) is 0 Å². The van der Waals surface area contributed by atoms with Crippen molar-refractivity contribution in [3.05, 3.63) is 55.7 Å². The van der Waals surface area contributed by atoms with Gasteiger partial charge >= 0.3 is 0 Å². The number of alkyl halides is 1. The second kappa shape index (κ2) is 5.55. The summed E-state index contributed by atoms with van der Waals surface area (Å²) in [5, 5.41) is 0.0627. The fourth-order valence-corrected chi connectivity index (χ4v) is 3.59. The van der Waals surface area contributed by atoms with Gasteiger partial charge in [0.25, 0.3) is 0 Å². The van der Waals surface area contributed by atoms with E-state index in [1.807, 2.05) is 0 Å². The molecule has 17 heavy (non-hydrogen) atoms. The molecular formula is C14H14BrClS. The first-order valence-electron chi connectivity index (χ1n) is 5.51. The van der Waals surface area contributed by atoms with Crippen molar-refractivity contribution in [2.24, 2.45) is 0 Å². The van der Waals surface area contributed by atoms with E-state index in [1.165, 1.54) is 25.4 Å². The Hall–Kier alpha value is -0.310. The summed E-state index contributed by atoms with van der Waals surface area (Å²) >= 11 is 11.7.